The van der Waals surface area contributed by atoms with Crippen molar-refractivity contribution in [1.29, 1.82) is 0 Å². The standard InChI is InChI=1S/C21H26N4O2S/c1-3-4-10-17(14-22-21(26)27-15-16-8-6-5-7-9-16)18-13-20(28-2)25-19(24-18)11-12-23-25/h5-9,11-13,17H,3-4,10,14-15H2,1-2H3,(H,22,26). The maximum atomic E-state index is 12.1. The Hall–Kier alpha value is -2.54. The van der Waals surface area contributed by atoms with Crippen LogP contribution in [-0.2, 0) is 11.3 Å². The molecule has 0 spiro atoms. The third kappa shape index (κ3) is 5.25. The maximum absolute atomic E-state index is 12.1. The number of carbonyl (C=O) groups excluding carboxylic acids is 1. The second-order valence-corrected chi connectivity index (χ2v) is 7.43. The second-order valence-electron chi connectivity index (χ2n) is 6.61. The molecule has 0 radical (unpaired) electrons. The first-order chi connectivity index (χ1) is 13.7. The minimum absolute atomic E-state index is 0.134. The Balaban J connectivity index is 1.65. The van der Waals surface area contributed by atoms with E-state index in [0.717, 1.165) is 41.2 Å². The van der Waals surface area contributed by atoms with Gasteiger partial charge in [0, 0.05) is 18.5 Å². The lowest BCUT2D eigenvalue weighted by Crippen LogP contribution is -2.29. The summed E-state index contributed by atoms with van der Waals surface area (Å²) in [5.41, 5.74) is 2.78. The van der Waals surface area contributed by atoms with Crippen LogP contribution < -0.4 is 5.32 Å². The second kappa shape index (κ2) is 10.1. The van der Waals surface area contributed by atoms with Crippen molar-refractivity contribution in [2.75, 3.05) is 12.8 Å². The predicted molar refractivity (Wildman–Crippen MR) is 112 cm³/mol. The molecule has 0 aliphatic rings. The van der Waals surface area contributed by atoms with Crippen LogP contribution in [0.3, 0.4) is 0 Å². The number of nitrogens with one attached hydrogen (secondary N) is 1. The van der Waals surface area contributed by atoms with E-state index in [0.29, 0.717) is 6.54 Å². The van der Waals surface area contributed by atoms with Gasteiger partial charge in [0.25, 0.3) is 0 Å². The van der Waals surface area contributed by atoms with Gasteiger partial charge in [0.1, 0.15) is 11.6 Å². The molecule has 2 heterocycles. The smallest absolute Gasteiger partial charge is 0.407 e. The molecule has 1 unspecified atom stereocenters. The molecular weight excluding hydrogens is 372 g/mol. The third-order valence-corrected chi connectivity index (χ3v) is 5.29. The number of nitrogens with zero attached hydrogens (tertiary/aromatic N) is 3. The van der Waals surface area contributed by atoms with Crippen molar-refractivity contribution in [2.45, 2.75) is 43.7 Å². The van der Waals surface area contributed by atoms with Gasteiger partial charge in [-0.05, 0) is 24.3 Å². The number of ether oxygens (including phenoxy) is 1. The fourth-order valence-electron chi connectivity index (χ4n) is 3.04. The topological polar surface area (TPSA) is 68.5 Å². The quantitative estimate of drug-likeness (QED) is 0.420. The first-order valence-electron chi connectivity index (χ1n) is 9.54. The summed E-state index contributed by atoms with van der Waals surface area (Å²) in [6, 6.07) is 13.6. The summed E-state index contributed by atoms with van der Waals surface area (Å²) in [4.78, 5) is 16.9. The van der Waals surface area contributed by atoms with Crippen LogP contribution in [0, 0.1) is 0 Å². The van der Waals surface area contributed by atoms with Crippen molar-refractivity contribution in [1.82, 2.24) is 19.9 Å². The van der Waals surface area contributed by atoms with Crippen LogP contribution in [0.15, 0.2) is 53.7 Å². The van der Waals surface area contributed by atoms with E-state index in [2.05, 4.69) is 23.4 Å². The number of thioether (sulfide) groups is 1. The minimum Gasteiger partial charge on any atom is -0.445 e. The monoisotopic (exact) mass is 398 g/mol. The highest BCUT2D eigenvalue weighted by Crippen LogP contribution is 2.25. The molecule has 7 heteroatoms. The van der Waals surface area contributed by atoms with Gasteiger partial charge < -0.3 is 10.1 Å². The molecule has 0 saturated heterocycles. The average Bonchev–Trinajstić information content (AvgIpc) is 3.21. The number of fused-ring (bicyclic) bond motifs is 1. The molecule has 3 aromatic rings. The van der Waals surface area contributed by atoms with Crippen LogP contribution in [0.1, 0.15) is 43.4 Å². The fourth-order valence-corrected chi connectivity index (χ4v) is 3.60. The molecule has 3 rings (SSSR count). The first-order valence-corrected chi connectivity index (χ1v) is 10.8. The summed E-state index contributed by atoms with van der Waals surface area (Å²) in [5, 5.41) is 8.27. The van der Waals surface area contributed by atoms with Crippen LogP contribution in [0.5, 0.6) is 0 Å². The summed E-state index contributed by atoms with van der Waals surface area (Å²) in [5.74, 6) is 0.134. The Morgan fingerprint density at radius 3 is 2.86 bits per heavy atom. The van der Waals surface area contributed by atoms with Crippen LogP contribution in [-0.4, -0.2) is 33.5 Å². The van der Waals surface area contributed by atoms with Gasteiger partial charge in [-0.2, -0.15) is 5.10 Å². The summed E-state index contributed by atoms with van der Waals surface area (Å²) < 4.78 is 7.17. The summed E-state index contributed by atoms with van der Waals surface area (Å²) in [6.07, 6.45) is 6.51. The molecule has 1 amide bonds. The van der Waals surface area contributed by atoms with Crippen molar-refractivity contribution in [3.63, 3.8) is 0 Å². The molecule has 148 valence electrons. The van der Waals surface area contributed by atoms with Gasteiger partial charge in [-0.1, -0.05) is 50.1 Å². The summed E-state index contributed by atoms with van der Waals surface area (Å²) in [6.45, 7) is 2.93. The van der Waals surface area contributed by atoms with E-state index < -0.39 is 6.09 Å². The van der Waals surface area contributed by atoms with Gasteiger partial charge >= 0.3 is 6.09 Å². The molecule has 28 heavy (non-hydrogen) atoms. The number of amides is 1. The highest BCUT2D eigenvalue weighted by Gasteiger charge is 2.17. The van der Waals surface area contributed by atoms with E-state index in [4.69, 9.17) is 9.72 Å². The van der Waals surface area contributed by atoms with Crippen molar-refractivity contribution < 1.29 is 9.53 Å². The normalized spacial score (nSPS) is 12.1. The van der Waals surface area contributed by atoms with E-state index in [-0.39, 0.29) is 12.5 Å². The molecule has 1 atom stereocenters. The molecule has 0 fully saturated rings. The first kappa shape index (κ1) is 20.2. The number of hydrogen-bond acceptors (Lipinski definition) is 5. The number of hydrogen-bond donors (Lipinski definition) is 1. The predicted octanol–water partition coefficient (Wildman–Crippen LogP) is 4.65. The van der Waals surface area contributed by atoms with E-state index in [9.17, 15) is 4.79 Å². The molecule has 2 aromatic heterocycles. The highest BCUT2D eigenvalue weighted by atomic mass is 32.2. The molecule has 0 saturated carbocycles. The zero-order valence-corrected chi connectivity index (χ0v) is 17.1. The van der Waals surface area contributed by atoms with Gasteiger partial charge in [-0.15, -0.1) is 11.8 Å². The van der Waals surface area contributed by atoms with Crippen LogP contribution in [0.25, 0.3) is 5.65 Å². The lowest BCUT2D eigenvalue weighted by Gasteiger charge is -2.18. The molecule has 1 N–H and O–H groups in total. The Labute approximate surface area is 169 Å². The Morgan fingerprint density at radius 1 is 1.29 bits per heavy atom. The van der Waals surface area contributed by atoms with Crippen LogP contribution in [0.2, 0.25) is 0 Å². The number of alkyl carbamates (subject to hydrolysis) is 1. The van der Waals surface area contributed by atoms with Gasteiger partial charge in [-0.3, -0.25) is 0 Å². The molecule has 0 bridgehead atoms. The fraction of sp³-hybridized carbons (Fsp3) is 0.381. The Morgan fingerprint density at radius 2 is 2.11 bits per heavy atom. The van der Waals surface area contributed by atoms with E-state index in [1.54, 1.807) is 18.0 Å². The zero-order valence-electron chi connectivity index (χ0n) is 16.3. The van der Waals surface area contributed by atoms with E-state index in [1.165, 1.54) is 0 Å². The maximum Gasteiger partial charge on any atom is 0.407 e. The SMILES string of the molecule is CCCCC(CNC(=O)OCc1ccccc1)c1cc(SC)n2nccc2n1. The van der Waals surface area contributed by atoms with Crippen molar-refractivity contribution in [3.05, 3.63) is 59.9 Å². The van der Waals surface area contributed by atoms with Gasteiger partial charge in [0.15, 0.2) is 5.65 Å². The zero-order chi connectivity index (χ0) is 19.8. The number of unbranched alkanes of at least 4 members (excludes halogenated alkanes) is 1. The number of rotatable bonds is 9. The van der Waals surface area contributed by atoms with E-state index in [1.807, 2.05) is 47.2 Å². The van der Waals surface area contributed by atoms with Crippen molar-refractivity contribution >= 4 is 23.5 Å². The minimum atomic E-state index is -0.402. The van der Waals surface area contributed by atoms with Crippen LogP contribution >= 0.6 is 11.8 Å². The van der Waals surface area contributed by atoms with Crippen molar-refractivity contribution in [2.24, 2.45) is 0 Å². The number of carbonyl (C=O) groups is 1. The lowest BCUT2D eigenvalue weighted by atomic mass is 9.98. The Bertz CT molecular complexity index is 898. The van der Waals surface area contributed by atoms with Gasteiger partial charge in [0.05, 0.1) is 11.9 Å². The average molecular weight is 399 g/mol. The largest absolute Gasteiger partial charge is 0.445 e. The molecule has 1 aromatic carbocycles. The molecule has 0 aliphatic carbocycles. The third-order valence-electron chi connectivity index (χ3n) is 4.59. The summed E-state index contributed by atoms with van der Waals surface area (Å²) in [7, 11) is 0. The van der Waals surface area contributed by atoms with Gasteiger partial charge in [-0.25, -0.2) is 14.3 Å². The highest BCUT2D eigenvalue weighted by molar-refractivity contribution is 7.98. The lowest BCUT2D eigenvalue weighted by molar-refractivity contribution is 0.139. The molecular formula is C21H26N4O2S. The molecule has 6 nitrogen and oxygen atoms in total. The number of aromatic nitrogens is 3. The molecule has 0 aliphatic heterocycles. The Kier molecular flexibility index (Phi) is 7.31. The van der Waals surface area contributed by atoms with Crippen LogP contribution in [0.4, 0.5) is 4.79 Å². The van der Waals surface area contributed by atoms with E-state index >= 15 is 0 Å². The number of benzene rings is 1. The summed E-state index contributed by atoms with van der Waals surface area (Å²) >= 11 is 1.64. The van der Waals surface area contributed by atoms with Gasteiger partial charge in [0.2, 0.25) is 0 Å². The van der Waals surface area contributed by atoms with Crippen molar-refractivity contribution in [3.8, 4) is 0 Å².